The van der Waals surface area contributed by atoms with Crippen molar-refractivity contribution in [1.82, 2.24) is 9.78 Å². The lowest BCUT2D eigenvalue weighted by atomic mass is 10.1. The van der Waals surface area contributed by atoms with E-state index in [2.05, 4.69) is 5.10 Å². The fourth-order valence-corrected chi connectivity index (χ4v) is 2.15. The quantitative estimate of drug-likeness (QED) is 0.904. The summed E-state index contributed by atoms with van der Waals surface area (Å²) in [5.74, 6) is 0.993. The summed E-state index contributed by atoms with van der Waals surface area (Å²) in [6.07, 6.45) is 0. The number of H-pyrrole nitrogens is 1. The van der Waals surface area contributed by atoms with Crippen molar-refractivity contribution in [3.8, 4) is 11.4 Å². The monoisotopic (exact) mass is 246 g/mol. The summed E-state index contributed by atoms with van der Waals surface area (Å²) >= 11 is 0. The van der Waals surface area contributed by atoms with E-state index in [1.54, 1.807) is 11.8 Å². The molecule has 0 radical (unpaired) electrons. The van der Waals surface area contributed by atoms with Gasteiger partial charge < -0.3 is 4.74 Å². The van der Waals surface area contributed by atoms with Crippen LogP contribution in [-0.2, 0) is 0 Å². The number of aromatic amines is 1. The third-order valence-corrected chi connectivity index (χ3v) is 3.02. The Morgan fingerprint density at radius 3 is 2.28 bits per heavy atom. The molecule has 0 aliphatic carbocycles. The molecule has 0 atom stereocenters. The van der Waals surface area contributed by atoms with E-state index in [9.17, 15) is 4.79 Å². The van der Waals surface area contributed by atoms with Gasteiger partial charge >= 0.3 is 0 Å². The number of ether oxygens (including phenoxy) is 1. The van der Waals surface area contributed by atoms with Crippen molar-refractivity contribution in [2.45, 2.75) is 26.7 Å². The van der Waals surface area contributed by atoms with E-state index < -0.39 is 0 Å². The minimum absolute atomic E-state index is 0.0210. The van der Waals surface area contributed by atoms with E-state index in [0.29, 0.717) is 0 Å². The molecule has 0 spiro atoms. The number of methoxy groups -OCH3 is 1. The van der Waals surface area contributed by atoms with E-state index in [-0.39, 0.29) is 11.5 Å². The summed E-state index contributed by atoms with van der Waals surface area (Å²) in [6.45, 7) is 5.97. The first-order valence-corrected chi connectivity index (χ1v) is 6.00. The molecule has 1 aromatic carbocycles. The van der Waals surface area contributed by atoms with E-state index in [1.807, 2.05) is 45.0 Å². The topological polar surface area (TPSA) is 47.0 Å². The number of hydrogen-bond acceptors (Lipinski definition) is 2. The van der Waals surface area contributed by atoms with Crippen molar-refractivity contribution in [2.75, 3.05) is 7.11 Å². The molecule has 1 heterocycles. The molecule has 0 unspecified atom stereocenters. The lowest BCUT2D eigenvalue weighted by molar-refractivity contribution is 0.414. The number of aryl methyl sites for hydroxylation is 1. The smallest absolute Gasteiger partial charge is 0.274 e. The van der Waals surface area contributed by atoms with Crippen LogP contribution in [0.15, 0.2) is 29.1 Å². The van der Waals surface area contributed by atoms with Gasteiger partial charge in [-0.3, -0.25) is 9.89 Å². The Bertz CT molecular complexity index is 591. The lowest BCUT2D eigenvalue weighted by Crippen LogP contribution is -2.17. The third-order valence-electron chi connectivity index (χ3n) is 3.02. The molecule has 18 heavy (non-hydrogen) atoms. The van der Waals surface area contributed by atoms with Crippen LogP contribution in [0.4, 0.5) is 0 Å². The number of benzene rings is 1. The van der Waals surface area contributed by atoms with Crippen LogP contribution in [0.2, 0.25) is 0 Å². The van der Waals surface area contributed by atoms with E-state index in [4.69, 9.17) is 4.74 Å². The molecular formula is C14H18N2O2. The van der Waals surface area contributed by atoms with Gasteiger partial charge in [0.25, 0.3) is 5.56 Å². The Hall–Kier alpha value is -1.97. The van der Waals surface area contributed by atoms with Gasteiger partial charge in [-0.15, -0.1) is 0 Å². The fraction of sp³-hybridized carbons (Fsp3) is 0.357. The zero-order valence-corrected chi connectivity index (χ0v) is 11.2. The Balaban J connectivity index is 2.51. The van der Waals surface area contributed by atoms with E-state index in [1.165, 1.54) is 0 Å². The van der Waals surface area contributed by atoms with Crippen molar-refractivity contribution in [3.63, 3.8) is 0 Å². The molecule has 2 aromatic rings. The Morgan fingerprint density at radius 2 is 1.83 bits per heavy atom. The predicted octanol–water partition coefficient (Wildman–Crippen LogP) is 2.61. The molecule has 0 fully saturated rings. The van der Waals surface area contributed by atoms with E-state index >= 15 is 0 Å². The number of aromatic nitrogens is 2. The third kappa shape index (κ3) is 2.06. The molecule has 4 heteroatoms. The highest BCUT2D eigenvalue weighted by atomic mass is 16.5. The molecular weight excluding hydrogens is 228 g/mol. The summed E-state index contributed by atoms with van der Waals surface area (Å²) in [6, 6.07) is 7.40. The highest BCUT2D eigenvalue weighted by Gasteiger charge is 2.14. The van der Waals surface area contributed by atoms with Gasteiger partial charge in [0.15, 0.2) is 0 Å². The second kappa shape index (κ2) is 4.72. The zero-order valence-electron chi connectivity index (χ0n) is 11.2. The van der Waals surface area contributed by atoms with Gasteiger partial charge in [-0.25, -0.2) is 4.68 Å². The first-order chi connectivity index (χ1) is 8.54. The van der Waals surface area contributed by atoms with Gasteiger partial charge in [-0.05, 0) is 37.1 Å². The van der Waals surface area contributed by atoms with Crippen LogP contribution in [0.25, 0.3) is 5.69 Å². The SMILES string of the molecule is COc1ccc(-n2[nH]c(C)c(C(C)C)c2=O)cc1. The zero-order chi connectivity index (χ0) is 13.3. The van der Waals surface area contributed by atoms with Crippen molar-refractivity contribution < 1.29 is 4.74 Å². The molecule has 96 valence electrons. The minimum atomic E-state index is 0.0210. The molecule has 1 N–H and O–H groups in total. The van der Waals surface area contributed by atoms with Crippen molar-refractivity contribution in [3.05, 3.63) is 45.9 Å². The van der Waals surface area contributed by atoms with Gasteiger partial charge in [0.2, 0.25) is 0 Å². The Kier molecular flexibility index (Phi) is 3.28. The molecule has 0 saturated carbocycles. The Labute approximate surface area is 106 Å². The summed E-state index contributed by atoms with van der Waals surface area (Å²) in [5.41, 5.74) is 2.60. The fourth-order valence-electron chi connectivity index (χ4n) is 2.15. The normalized spacial score (nSPS) is 10.9. The first kappa shape index (κ1) is 12.5. The van der Waals surface area contributed by atoms with Crippen LogP contribution in [0.3, 0.4) is 0 Å². The standard InChI is InChI=1S/C14H18N2O2/c1-9(2)13-10(3)15-16(14(13)17)11-5-7-12(18-4)8-6-11/h5-9,15H,1-4H3. The summed E-state index contributed by atoms with van der Waals surface area (Å²) in [4.78, 5) is 12.3. The summed E-state index contributed by atoms with van der Waals surface area (Å²) in [5, 5.41) is 3.11. The van der Waals surface area contributed by atoms with Crippen LogP contribution in [0, 0.1) is 6.92 Å². The van der Waals surface area contributed by atoms with Crippen LogP contribution in [-0.4, -0.2) is 16.9 Å². The van der Waals surface area contributed by atoms with Crippen molar-refractivity contribution in [1.29, 1.82) is 0 Å². The molecule has 0 aliphatic heterocycles. The minimum Gasteiger partial charge on any atom is -0.497 e. The van der Waals surface area contributed by atoms with Crippen molar-refractivity contribution >= 4 is 0 Å². The molecule has 0 bridgehead atoms. The highest BCUT2D eigenvalue weighted by Crippen LogP contribution is 2.17. The molecule has 0 amide bonds. The van der Waals surface area contributed by atoms with Gasteiger partial charge in [0.1, 0.15) is 5.75 Å². The molecule has 1 aromatic heterocycles. The lowest BCUT2D eigenvalue weighted by Gasteiger charge is -2.03. The summed E-state index contributed by atoms with van der Waals surface area (Å²) in [7, 11) is 1.62. The van der Waals surface area contributed by atoms with Crippen LogP contribution in [0.1, 0.15) is 31.0 Å². The van der Waals surface area contributed by atoms with Gasteiger partial charge in [0, 0.05) is 11.3 Å². The maximum Gasteiger partial charge on any atom is 0.274 e. The second-order valence-electron chi connectivity index (χ2n) is 4.64. The van der Waals surface area contributed by atoms with Gasteiger partial charge in [-0.2, -0.15) is 0 Å². The van der Waals surface area contributed by atoms with Crippen LogP contribution >= 0.6 is 0 Å². The number of nitrogens with one attached hydrogen (secondary N) is 1. The molecule has 2 rings (SSSR count). The predicted molar refractivity (Wildman–Crippen MR) is 71.8 cm³/mol. The Morgan fingerprint density at radius 1 is 1.22 bits per heavy atom. The average molecular weight is 246 g/mol. The number of nitrogens with zero attached hydrogens (tertiary/aromatic N) is 1. The van der Waals surface area contributed by atoms with Gasteiger partial charge in [0.05, 0.1) is 12.8 Å². The van der Waals surface area contributed by atoms with Crippen LogP contribution < -0.4 is 10.3 Å². The first-order valence-electron chi connectivity index (χ1n) is 6.00. The van der Waals surface area contributed by atoms with Crippen molar-refractivity contribution in [2.24, 2.45) is 0 Å². The average Bonchev–Trinajstić information content (AvgIpc) is 2.65. The number of hydrogen-bond donors (Lipinski definition) is 1. The molecule has 0 aliphatic rings. The van der Waals surface area contributed by atoms with Gasteiger partial charge in [-0.1, -0.05) is 13.8 Å². The maximum atomic E-state index is 12.3. The number of rotatable bonds is 3. The largest absolute Gasteiger partial charge is 0.497 e. The summed E-state index contributed by atoms with van der Waals surface area (Å²) < 4.78 is 6.68. The highest BCUT2D eigenvalue weighted by molar-refractivity contribution is 5.38. The second-order valence-corrected chi connectivity index (χ2v) is 4.64. The molecule has 0 saturated heterocycles. The van der Waals surface area contributed by atoms with Crippen LogP contribution in [0.5, 0.6) is 5.75 Å². The molecule has 4 nitrogen and oxygen atoms in total. The maximum absolute atomic E-state index is 12.3. The van der Waals surface area contributed by atoms with E-state index in [0.717, 1.165) is 22.7 Å².